The van der Waals surface area contributed by atoms with Crippen molar-refractivity contribution >= 4 is 21.8 Å². The van der Waals surface area contributed by atoms with Gasteiger partial charge in [0.05, 0.1) is 6.04 Å². The summed E-state index contributed by atoms with van der Waals surface area (Å²) in [5.74, 6) is -0.395. The predicted octanol–water partition coefficient (Wildman–Crippen LogP) is 2.24. The molecule has 1 amide bonds. The summed E-state index contributed by atoms with van der Waals surface area (Å²) in [6.45, 7) is -0.519. The van der Waals surface area contributed by atoms with E-state index in [-0.39, 0.29) is 6.04 Å². The molecule has 1 aromatic carbocycles. The summed E-state index contributed by atoms with van der Waals surface area (Å²) in [5.41, 5.74) is 1.86. The molecule has 0 bridgehead atoms. The Labute approximate surface area is 126 Å². The summed E-state index contributed by atoms with van der Waals surface area (Å²) in [5, 5.41) is 11.7. The second kappa shape index (κ2) is 7.17. The van der Waals surface area contributed by atoms with E-state index >= 15 is 0 Å². The SMILES string of the molecule is O=C(CO)N[C@H](Cc1ccccn1)c1ccc(Br)cc1. The number of carbonyl (C=O) groups excluding carboxylic acids is 1. The lowest BCUT2D eigenvalue weighted by Gasteiger charge is -2.18. The number of benzene rings is 1. The molecule has 0 aliphatic carbocycles. The molecule has 1 heterocycles. The first-order valence-corrected chi connectivity index (χ1v) is 7.04. The van der Waals surface area contributed by atoms with E-state index in [1.54, 1.807) is 6.20 Å². The molecular weight excluding hydrogens is 320 g/mol. The molecule has 0 unspecified atom stereocenters. The Morgan fingerprint density at radius 1 is 1.25 bits per heavy atom. The van der Waals surface area contributed by atoms with E-state index in [2.05, 4.69) is 26.2 Å². The summed E-state index contributed by atoms with van der Waals surface area (Å²) in [4.78, 5) is 15.7. The van der Waals surface area contributed by atoms with Gasteiger partial charge in [-0.1, -0.05) is 34.1 Å². The van der Waals surface area contributed by atoms with E-state index in [4.69, 9.17) is 5.11 Å². The normalized spacial score (nSPS) is 11.9. The quantitative estimate of drug-likeness (QED) is 0.881. The van der Waals surface area contributed by atoms with Crippen LogP contribution in [0.1, 0.15) is 17.3 Å². The first-order valence-electron chi connectivity index (χ1n) is 6.24. The molecule has 0 aliphatic heterocycles. The number of hydrogen-bond donors (Lipinski definition) is 2. The van der Waals surface area contributed by atoms with E-state index in [1.165, 1.54) is 0 Å². The van der Waals surface area contributed by atoms with Crippen LogP contribution in [-0.4, -0.2) is 22.6 Å². The highest BCUT2D eigenvalue weighted by Crippen LogP contribution is 2.20. The van der Waals surface area contributed by atoms with Crippen LogP contribution in [0.3, 0.4) is 0 Å². The largest absolute Gasteiger partial charge is 0.387 e. The van der Waals surface area contributed by atoms with Crippen molar-refractivity contribution in [1.29, 1.82) is 0 Å². The van der Waals surface area contributed by atoms with Crippen LogP contribution >= 0.6 is 15.9 Å². The van der Waals surface area contributed by atoms with Crippen molar-refractivity contribution in [3.8, 4) is 0 Å². The van der Waals surface area contributed by atoms with Crippen molar-refractivity contribution < 1.29 is 9.90 Å². The molecule has 104 valence electrons. The number of halogens is 1. The molecule has 4 nitrogen and oxygen atoms in total. The van der Waals surface area contributed by atoms with Crippen molar-refractivity contribution in [2.45, 2.75) is 12.5 Å². The van der Waals surface area contributed by atoms with Gasteiger partial charge in [-0.15, -0.1) is 0 Å². The van der Waals surface area contributed by atoms with Gasteiger partial charge in [-0.3, -0.25) is 9.78 Å². The average Bonchev–Trinajstić information content (AvgIpc) is 2.48. The topological polar surface area (TPSA) is 62.2 Å². The van der Waals surface area contributed by atoms with Crippen LogP contribution in [0.5, 0.6) is 0 Å². The number of nitrogens with one attached hydrogen (secondary N) is 1. The summed E-state index contributed by atoms with van der Waals surface area (Å²) in [6, 6.07) is 13.2. The third-order valence-electron chi connectivity index (χ3n) is 2.89. The number of aliphatic hydroxyl groups excluding tert-OH is 1. The van der Waals surface area contributed by atoms with Crippen molar-refractivity contribution in [1.82, 2.24) is 10.3 Å². The van der Waals surface area contributed by atoms with Crippen molar-refractivity contribution in [3.05, 3.63) is 64.4 Å². The molecule has 0 saturated carbocycles. The van der Waals surface area contributed by atoms with Crippen LogP contribution in [0.15, 0.2) is 53.1 Å². The van der Waals surface area contributed by atoms with Gasteiger partial charge in [0, 0.05) is 22.8 Å². The number of amides is 1. The van der Waals surface area contributed by atoms with Gasteiger partial charge in [0.15, 0.2) is 0 Å². The lowest BCUT2D eigenvalue weighted by Crippen LogP contribution is -2.32. The van der Waals surface area contributed by atoms with E-state index in [9.17, 15) is 4.79 Å². The minimum atomic E-state index is -0.519. The minimum Gasteiger partial charge on any atom is -0.387 e. The maximum Gasteiger partial charge on any atom is 0.246 e. The molecule has 1 atom stereocenters. The standard InChI is InChI=1S/C15H15BrN2O2/c16-12-6-4-11(5-7-12)14(18-15(20)10-19)9-13-3-1-2-8-17-13/h1-8,14,19H,9-10H2,(H,18,20)/t14-/m1/s1. The van der Waals surface area contributed by atoms with Crippen LogP contribution in [0.2, 0.25) is 0 Å². The van der Waals surface area contributed by atoms with Gasteiger partial charge in [0.1, 0.15) is 6.61 Å². The third kappa shape index (κ3) is 4.15. The van der Waals surface area contributed by atoms with Gasteiger partial charge in [0.25, 0.3) is 0 Å². The fourth-order valence-corrected chi connectivity index (χ4v) is 2.18. The Balaban J connectivity index is 2.20. The van der Waals surface area contributed by atoms with Gasteiger partial charge < -0.3 is 10.4 Å². The highest BCUT2D eigenvalue weighted by molar-refractivity contribution is 9.10. The lowest BCUT2D eigenvalue weighted by molar-refractivity contribution is -0.124. The highest BCUT2D eigenvalue weighted by atomic mass is 79.9. The molecule has 1 aromatic heterocycles. The third-order valence-corrected chi connectivity index (χ3v) is 3.42. The molecule has 5 heteroatoms. The maximum atomic E-state index is 11.5. The second-order valence-electron chi connectivity index (χ2n) is 4.35. The first kappa shape index (κ1) is 14.7. The van der Waals surface area contributed by atoms with Gasteiger partial charge in [0.2, 0.25) is 5.91 Å². The van der Waals surface area contributed by atoms with E-state index in [1.807, 2.05) is 42.5 Å². The highest BCUT2D eigenvalue weighted by Gasteiger charge is 2.15. The van der Waals surface area contributed by atoms with Crippen LogP contribution in [0.25, 0.3) is 0 Å². The monoisotopic (exact) mass is 334 g/mol. The summed E-state index contributed by atoms with van der Waals surface area (Å²) >= 11 is 3.39. The lowest BCUT2D eigenvalue weighted by atomic mass is 10.0. The number of hydrogen-bond acceptors (Lipinski definition) is 3. The smallest absolute Gasteiger partial charge is 0.246 e. The van der Waals surface area contributed by atoms with Crippen molar-refractivity contribution in [2.75, 3.05) is 6.61 Å². The zero-order valence-electron chi connectivity index (χ0n) is 10.8. The zero-order valence-corrected chi connectivity index (χ0v) is 12.4. The number of pyridine rings is 1. The molecule has 2 N–H and O–H groups in total. The Morgan fingerprint density at radius 3 is 2.60 bits per heavy atom. The van der Waals surface area contributed by atoms with Gasteiger partial charge in [-0.05, 0) is 29.8 Å². The number of rotatable bonds is 5. The molecule has 2 aromatic rings. The van der Waals surface area contributed by atoms with Gasteiger partial charge in [-0.2, -0.15) is 0 Å². The first-order chi connectivity index (χ1) is 9.69. The molecule has 0 spiro atoms. The van der Waals surface area contributed by atoms with Crippen LogP contribution in [-0.2, 0) is 11.2 Å². The van der Waals surface area contributed by atoms with E-state index < -0.39 is 12.5 Å². The Morgan fingerprint density at radius 2 is 2.00 bits per heavy atom. The van der Waals surface area contributed by atoms with Crippen LogP contribution in [0, 0.1) is 0 Å². The number of nitrogens with zero attached hydrogens (tertiary/aromatic N) is 1. The molecule has 0 aliphatic rings. The van der Waals surface area contributed by atoms with Crippen LogP contribution < -0.4 is 5.32 Å². The maximum absolute atomic E-state index is 11.5. The zero-order chi connectivity index (χ0) is 14.4. The Hall–Kier alpha value is -1.72. The van der Waals surface area contributed by atoms with Gasteiger partial charge >= 0.3 is 0 Å². The summed E-state index contributed by atoms with van der Waals surface area (Å²) in [6.07, 6.45) is 2.30. The average molecular weight is 335 g/mol. The van der Waals surface area contributed by atoms with Crippen molar-refractivity contribution in [3.63, 3.8) is 0 Å². The Kier molecular flexibility index (Phi) is 5.26. The molecular formula is C15H15BrN2O2. The number of carbonyl (C=O) groups is 1. The molecule has 0 saturated heterocycles. The molecule has 20 heavy (non-hydrogen) atoms. The fourth-order valence-electron chi connectivity index (χ4n) is 1.92. The van der Waals surface area contributed by atoms with Gasteiger partial charge in [-0.25, -0.2) is 0 Å². The Bertz CT molecular complexity index is 558. The summed E-state index contributed by atoms with van der Waals surface area (Å²) in [7, 11) is 0. The molecule has 0 radical (unpaired) electrons. The van der Waals surface area contributed by atoms with Crippen LogP contribution in [0.4, 0.5) is 0 Å². The molecule has 0 fully saturated rings. The fraction of sp³-hybridized carbons (Fsp3) is 0.200. The number of aromatic nitrogens is 1. The van der Waals surface area contributed by atoms with E-state index in [0.29, 0.717) is 6.42 Å². The van der Waals surface area contributed by atoms with Crippen molar-refractivity contribution in [2.24, 2.45) is 0 Å². The second-order valence-corrected chi connectivity index (χ2v) is 5.27. The molecule has 2 rings (SSSR count). The van der Waals surface area contributed by atoms with E-state index in [0.717, 1.165) is 15.7 Å². The predicted molar refractivity (Wildman–Crippen MR) is 80.1 cm³/mol. The summed E-state index contributed by atoms with van der Waals surface area (Å²) < 4.78 is 0.978. The minimum absolute atomic E-state index is 0.211. The number of aliphatic hydroxyl groups is 1.